The zero-order chi connectivity index (χ0) is 25.4. The minimum absolute atomic E-state index is 0.151. The van der Waals surface area contributed by atoms with E-state index in [1.807, 2.05) is 49.4 Å². The van der Waals surface area contributed by atoms with Crippen LogP contribution in [0.3, 0.4) is 0 Å². The van der Waals surface area contributed by atoms with Crippen LogP contribution in [0.15, 0.2) is 53.5 Å². The molecule has 3 aromatic heterocycles. The molecule has 0 aliphatic carbocycles. The quantitative estimate of drug-likeness (QED) is 0.401. The summed E-state index contributed by atoms with van der Waals surface area (Å²) in [6, 6.07) is 13.5. The van der Waals surface area contributed by atoms with Crippen LogP contribution in [-0.4, -0.2) is 64.6 Å². The second-order valence-corrected chi connectivity index (χ2v) is 9.79. The highest BCUT2D eigenvalue weighted by atomic mass is 35.5. The van der Waals surface area contributed by atoms with Gasteiger partial charge in [0.05, 0.1) is 44.2 Å². The minimum Gasteiger partial charge on any atom is -0.377 e. The standard InChI is InChI=1S/C27H27ClN6O3/c1-16-3-2-4-24(31-16)17-5-6-21(23(28)10-17)22-9-18-11-30-27(32-19-14-36-15-19)33-25(18)34(26(22)35)13-20-12-29-7-8-37-20/h2-6,9-11,19-20,29H,7-8,12-15H2,1H3,(H,30,32,33)/t20-/m1/s1. The summed E-state index contributed by atoms with van der Waals surface area (Å²) in [5.41, 5.74) is 4.15. The van der Waals surface area contributed by atoms with Gasteiger partial charge in [0.25, 0.3) is 5.56 Å². The number of fused-ring (bicyclic) bond motifs is 1. The Kier molecular flexibility index (Phi) is 6.60. The van der Waals surface area contributed by atoms with E-state index in [-0.39, 0.29) is 17.7 Å². The topological polar surface area (TPSA) is 103 Å². The van der Waals surface area contributed by atoms with Crippen molar-refractivity contribution in [2.45, 2.75) is 25.6 Å². The van der Waals surface area contributed by atoms with Gasteiger partial charge in [0.2, 0.25) is 5.95 Å². The van der Waals surface area contributed by atoms with Gasteiger partial charge in [0, 0.05) is 52.1 Å². The zero-order valence-corrected chi connectivity index (χ0v) is 21.2. The molecule has 2 N–H and O–H groups in total. The average Bonchev–Trinajstić information content (AvgIpc) is 2.88. The fourth-order valence-corrected chi connectivity index (χ4v) is 4.91. The third-order valence-corrected chi connectivity index (χ3v) is 6.94. The summed E-state index contributed by atoms with van der Waals surface area (Å²) in [4.78, 5) is 27.7. The van der Waals surface area contributed by atoms with Crippen molar-refractivity contribution in [2.75, 3.05) is 38.2 Å². The first kappa shape index (κ1) is 24.0. The second kappa shape index (κ2) is 10.2. The highest BCUT2D eigenvalue weighted by molar-refractivity contribution is 6.33. The number of aromatic nitrogens is 4. The van der Waals surface area contributed by atoms with Crippen molar-refractivity contribution in [3.63, 3.8) is 0 Å². The van der Waals surface area contributed by atoms with Gasteiger partial charge in [-0.25, -0.2) is 4.98 Å². The average molecular weight is 519 g/mol. The monoisotopic (exact) mass is 518 g/mol. The van der Waals surface area contributed by atoms with Crippen LogP contribution >= 0.6 is 11.6 Å². The van der Waals surface area contributed by atoms with Crippen molar-refractivity contribution in [3.8, 4) is 22.4 Å². The van der Waals surface area contributed by atoms with Crippen LogP contribution in [0.4, 0.5) is 5.95 Å². The lowest BCUT2D eigenvalue weighted by atomic mass is 10.0. The van der Waals surface area contributed by atoms with Crippen LogP contribution in [0.2, 0.25) is 5.02 Å². The fraction of sp³-hybridized carbons (Fsp3) is 0.333. The van der Waals surface area contributed by atoms with E-state index in [4.69, 9.17) is 26.1 Å². The van der Waals surface area contributed by atoms with E-state index in [2.05, 4.69) is 20.6 Å². The molecule has 2 fully saturated rings. The van der Waals surface area contributed by atoms with Crippen molar-refractivity contribution < 1.29 is 9.47 Å². The van der Waals surface area contributed by atoms with Gasteiger partial charge in [-0.1, -0.05) is 29.8 Å². The molecule has 1 atom stereocenters. The molecule has 4 aromatic rings. The minimum atomic E-state index is -0.179. The van der Waals surface area contributed by atoms with Crippen LogP contribution in [0, 0.1) is 6.92 Å². The largest absolute Gasteiger partial charge is 0.377 e. The molecule has 0 bridgehead atoms. The molecule has 0 radical (unpaired) electrons. The molecule has 1 aromatic carbocycles. The van der Waals surface area contributed by atoms with Crippen molar-refractivity contribution in [3.05, 3.63) is 69.7 Å². The lowest BCUT2D eigenvalue weighted by molar-refractivity contribution is 0.0183. The van der Waals surface area contributed by atoms with Crippen LogP contribution < -0.4 is 16.2 Å². The van der Waals surface area contributed by atoms with Crippen LogP contribution in [-0.2, 0) is 16.0 Å². The van der Waals surface area contributed by atoms with E-state index in [1.165, 1.54) is 0 Å². The molecule has 10 heteroatoms. The predicted octanol–water partition coefficient (Wildman–Crippen LogP) is 3.28. The first-order chi connectivity index (χ1) is 18.0. The molecule has 2 aliphatic rings. The first-order valence-corrected chi connectivity index (χ1v) is 12.7. The van der Waals surface area contributed by atoms with Gasteiger partial charge < -0.3 is 20.1 Å². The number of nitrogens with one attached hydrogen (secondary N) is 2. The molecule has 9 nitrogen and oxygen atoms in total. The number of aryl methyl sites for hydroxylation is 1. The third-order valence-electron chi connectivity index (χ3n) is 6.63. The molecular formula is C27H27ClN6O3. The number of rotatable bonds is 6. The molecule has 0 unspecified atom stereocenters. The predicted molar refractivity (Wildman–Crippen MR) is 143 cm³/mol. The number of anilines is 1. The van der Waals surface area contributed by atoms with Gasteiger partial charge in [-0.15, -0.1) is 0 Å². The summed E-state index contributed by atoms with van der Waals surface area (Å²) >= 11 is 6.76. The molecule has 37 heavy (non-hydrogen) atoms. The van der Waals surface area contributed by atoms with Gasteiger partial charge in [-0.05, 0) is 31.2 Å². The summed E-state index contributed by atoms with van der Waals surface area (Å²) in [5, 5.41) is 7.82. The van der Waals surface area contributed by atoms with E-state index in [0.29, 0.717) is 60.7 Å². The highest BCUT2D eigenvalue weighted by Crippen LogP contribution is 2.32. The lowest BCUT2D eigenvalue weighted by Crippen LogP contribution is -2.42. The normalized spacial score (nSPS) is 18.1. The van der Waals surface area contributed by atoms with Crippen molar-refractivity contribution in [1.29, 1.82) is 0 Å². The van der Waals surface area contributed by atoms with Gasteiger partial charge in [0.15, 0.2) is 0 Å². The number of morpholine rings is 1. The third kappa shape index (κ3) is 4.95. The highest BCUT2D eigenvalue weighted by Gasteiger charge is 2.22. The van der Waals surface area contributed by atoms with E-state index in [9.17, 15) is 4.79 Å². The number of nitrogens with zero attached hydrogens (tertiary/aromatic N) is 4. The van der Waals surface area contributed by atoms with Crippen LogP contribution in [0.25, 0.3) is 33.4 Å². The maximum atomic E-state index is 13.9. The van der Waals surface area contributed by atoms with Gasteiger partial charge in [-0.2, -0.15) is 4.98 Å². The van der Waals surface area contributed by atoms with Gasteiger partial charge >= 0.3 is 0 Å². The zero-order valence-electron chi connectivity index (χ0n) is 20.4. The van der Waals surface area contributed by atoms with E-state index in [1.54, 1.807) is 10.8 Å². The first-order valence-electron chi connectivity index (χ1n) is 12.4. The van der Waals surface area contributed by atoms with Crippen molar-refractivity contribution in [2.24, 2.45) is 0 Å². The van der Waals surface area contributed by atoms with Crippen molar-refractivity contribution in [1.82, 2.24) is 24.8 Å². The molecule has 0 saturated carbocycles. The SMILES string of the molecule is Cc1cccc(-c2ccc(-c3cc4cnc(NC5COC5)nc4n(C[C@H]4CNCCO4)c3=O)c(Cl)c2)n1. The van der Waals surface area contributed by atoms with Gasteiger partial charge in [0.1, 0.15) is 5.65 Å². The van der Waals surface area contributed by atoms with Crippen molar-refractivity contribution >= 4 is 28.6 Å². The molecule has 5 heterocycles. The number of pyridine rings is 2. The smallest absolute Gasteiger partial charge is 0.260 e. The Hall–Kier alpha value is -3.37. The fourth-order valence-electron chi connectivity index (χ4n) is 4.63. The van der Waals surface area contributed by atoms with Crippen LogP contribution in [0.5, 0.6) is 0 Å². The summed E-state index contributed by atoms with van der Waals surface area (Å²) in [7, 11) is 0. The number of hydrogen-bond acceptors (Lipinski definition) is 8. The Balaban J connectivity index is 1.44. The molecule has 2 aliphatic heterocycles. The number of hydrogen-bond donors (Lipinski definition) is 2. The Labute approximate surface area is 218 Å². The van der Waals surface area contributed by atoms with Gasteiger partial charge in [-0.3, -0.25) is 14.3 Å². The van der Waals surface area contributed by atoms with E-state index < -0.39 is 0 Å². The van der Waals surface area contributed by atoms with E-state index in [0.717, 1.165) is 28.9 Å². The lowest BCUT2D eigenvalue weighted by Gasteiger charge is -2.27. The summed E-state index contributed by atoms with van der Waals surface area (Å²) < 4.78 is 12.8. The molecule has 2 saturated heterocycles. The summed E-state index contributed by atoms with van der Waals surface area (Å²) in [5.74, 6) is 0.470. The Morgan fingerprint density at radius 3 is 2.78 bits per heavy atom. The molecule has 6 rings (SSSR count). The van der Waals surface area contributed by atoms with Crippen LogP contribution in [0.1, 0.15) is 5.69 Å². The Morgan fingerprint density at radius 1 is 1.16 bits per heavy atom. The Bertz CT molecular complexity index is 1510. The maximum absolute atomic E-state index is 13.9. The number of ether oxygens (including phenoxy) is 2. The Morgan fingerprint density at radius 2 is 2.05 bits per heavy atom. The summed E-state index contributed by atoms with van der Waals surface area (Å²) in [6.07, 6.45) is 1.59. The molecular weight excluding hydrogens is 492 g/mol. The molecule has 190 valence electrons. The maximum Gasteiger partial charge on any atom is 0.260 e. The molecule has 0 spiro atoms. The number of benzene rings is 1. The second-order valence-electron chi connectivity index (χ2n) is 9.38. The van der Waals surface area contributed by atoms with E-state index >= 15 is 0 Å². The number of halogens is 1. The molecule has 0 amide bonds. The summed E-state index contributed by atoms with van der Waals surface area (Å²) in [6.45, 7) is 5.59.